The highest BCUT2D eigenvalue weighted by Crippen LogP contribution is 2.40. The molecule has 0 saturated heterocycles. The Kier molecular flexibility index (Phi) is 13.2. The molecule has 230 valence electrons. The Hall–Kier alpha value is -3.10. The highest BCUT2D eigenvalue weighted by Gasteiger charge is 2.25. The molecule has 1 atom stereocenters. The van der Waals surface area contributed by atoms with Crippen molar-refractivity contribution in [2.75, 3.05) is 0 Å². The summed E-state index contributed by atoms with van der Waals surface area (Å²) in [5.41, 5.74) is 23.0. The molecule has 2 nitrogen and oxygen atoms in total. The highest BCUT2D eigenvalue weighted by atomic mass is 14.7. The van der Waals surface area contributed by atoms with Crippen LogP contribution in [0.1, 0.15) is 125 Å². The maximum Gasteiger partial charge on any atom is 0.0634 e. The van der Waals surface area contributed by atoms with Gasteiger partial charge in [-0.2, -0.15) is 0 Å². The number of benzene rings is 3. The van der Waals surface area contributed by atoms with E-state index in [1.165, 1.54) is 107 Å². The van der Waals surface area contributed by atoms with Gasteiger partial charge in [0.05, 0.1) is 5.54 Å². The number of rotatable bonds is 15. The molecule has 5 rings (SSSR count). The molecule has 0 bridgehead atoms. The van der Waals surface area contributed by atoms with E-state index in [0.29, 0.717) is 0 Å². The Bertz CT molecular complexity index is 1320. The van der Waals surface area contributed by atoms with Gasteiger partial charge < -0.3 is 11.5 Å². The quantitative estimate of drug-likeness (QED) is 0.138. The fourth-order valence-electron chi connectivity index (χ4n) is 6.68. The normalized spacial score (nSPS) is 16.7. The predicted octanol–water partition coefficient (Wildman–Crippen LogP) is 10.7. The summed E-state index contributed by atoms with van der Waals surface area (Å²) >= 11 is 0. The number of fused-ring (bicyclic) bond motifs is 3. The SMILES string of the molecule is CCCCCCCCc1ccc2c(c1CCCCCCCC)Cc1ccccc1-2.NC1=CCC(N)(c2ccccc2)C=C1. The lowest BCUT2D eigenvalue weighted by molar-refractivity contribution is 0.562. The van der Waals surface area contributed by atoms with Crippen molar-refractivity contribution in [1.82, 2.24) is 0 Å². The van der Waals surface area contributed by atoms with Crippen LogP contribution >= 0.6 is 0 Å². The van der Waals surface area contributed by atoms with Crippen LogP contribution in [0.3, 0.4) is 0 Å². The van der Waals surface area contributed by atoms with Gasteiger partial charge in [-0.3, -0.25) is 0 Å². The third kappa shape index (κ3) is 9.44. The van der Waals surface area contributed by atoms with Crippen molar-refractivity contribution >= 4 is 0 Å². The van der Waals surface area contributed by atoms with Crippen LogP contribution in [0.25, 0.3) is 11.1 Å². The Morgan fingerprint density at radius 3 is 1.95 bits per heavy atom. The van der Waals surface area contributed by atoms with E-state index in [4.69, 9.17) is 11.5 Å². The van der Waals surface area contributed by atoms with Gasteiger partial charge in [0.1, 0.15) is 0 Å². The van der Waals surface area contributed by atoms with Crippen LogP contribution in [0.2, 0.25) is 0 Å². The topological polar surface area (TPSA) is 52.0 Å². The van der Waals surface area contributed by atoms with Gasteiger partial charge in [-0.15, -0.1) is 0 Å². The Morgan fingerprint density at radius 2 is 1.28 bits per heavy atom. The second kappa shape index (κ2) is 17.3. The molecular formula is C41H56N2. The van der Waals surface area contributed by atoms with Crippen molar-refractivity contribution < 1.29 is 0 Å². The molecular weight excluding hydrogens is 520 g/mol. The van der Waals surface area contributed by atoms with Gasteiger partial charge in [-0.05, 0) is 83.5 Å². The second-order valence-corrected chi connectivity index (χ2v) is 12.7. The average Bonchev–Trinajstić information content (AvgIpc) is 3.42. The molecule has 0 aliphatic heterocycles. The van der Waals surface area contributed by atoms with E-state index in [-0.39, 0.29) is 5.54 Å². The number of aryl methyl sites for hydroxylation is 1. The molecule has 0 aromatic heterocycles. The lowest BCUT2D eigenvalue weighted by atomic mass is 9.84. The van der Waals surface area contributed by atoms with E-state index in [1.807, 2.05) is 48.6 Å². The Morgan fingerprint density at radius 1 is 0.651 bits per heavy atom. The van der Waals surface area contributed by atoms with Gasteiger partial charge in [0.15, 0.2) is 0 Å². The van der Waals surface area contributed by atoms with Crippen molar-refractivity contribution in [1.29, 1.82) is 0 Å². The van der Waals surface area contributed by atoms with Crippen LogP contribution in [0, 0.1) is 0 Å². The van der Waals surface area contributed by atoms with E-state index in [1.54, 1.807) is 16.7 Å². The first-order chi connectivity index (χ1) is 21.1. The molecule has 3 aromatic carbocycles. The second-order valence-electron chi connectivity index (χ2n) is 12.7. The van der Waals surface area contributed by atoms with Crippen molar-refractivity contribution in [2.45, 2.75) is 122 Å². The van der Waals surface area contributed by atoms with Crippen LogP contribution in [0.15, 0.2) is 90.7 Å². The summed E-state index contributed by atoms with van der Waals surface area (Å²) in [4.78, 5) is 0. The van der Waals surface area contributed by atoms with E-state index in [9.17, 15) is 0 Å². The summed E-state index contributed by atoms with van der Waals surface area (Å²) in [6.07, 6.45) is 26.9. The molecule has 3 aromatic rings. The number of hydrogen-bond donors (Lipinski definition) is 2. The van der Waals surface area contributed by atoms with E-state index >= 15 is 0 Å². The first-order valence-electron chi connectivity index (χ1n) is 17.3. The van der Waals surface area contributed by atoms with Gasteiger partial charge in [0, 0.05) is 5.70 Å². The fraction of sp³-hybridized carbons (Fsp3) is 0.463. The molecule has 2 aliphatic rings. The Labute approximate surface area is 262 Å². The van der Waals surface area contributed by atoms with E-state index in [2.05, 4.69) is 50.2 Å². The minimum atomic E-state index is -0.385. The first-order valence-corrected chi connectivity index (χ1v) is 17.3. The molecule has 4 N–H and O–H groups in total. The molecule has 0 saturated carbocycles. The van der Waals surface area contributed by atoms with Crippen molar-refractivity contribution in [3.8, 4) is 11.1 Å². The van der Waals surface area contributed by atoms with E-state index in [0.717, 1.165) is 24.1 Å². The van der Waals surface area contributed by atoms with Gasteiger partial charge in [-0.1, -0.05) is 157 Å². The molecule has 2 heteroatoms. The minimum absolute atomic E-state index is 0.385. The molecule has 0 amide bonds. The predicted molar refractivity (Wildman–Crippen MR) is 187 cm³/mol. The van der Waals surface area contributed by atoms with Crippen LogP contribution in [-0.2, 0) is 24.8 Å². The molecule has 0 fully saturated rings. The number of unbranched alkanes of at least 4 members (excludes halogenated alkanes) is 10. The molecule has 0 radical (unpaired) electrons. The third-order valence-corrected chi connectivity index (χ3v) is 9.34. The van der Waals surface area contributed by atoms with Gasteiger partial charge in [-0.25, -0.2) is 0 Å². The number of hydrogen-bond acceptors (Lipinski definition) is 2. The van der Waals surface area contributed by atoms with Crippen LogP contribution in [-0.4, -0.2) is 0 Å². The van der Waals surface area contributed by atoms with Gasteiger partial charge in [0.2, 0.25) is 0 Å². The summed E-state index contributed by atoms with van der Waals surface area (Å²) in [5, 5.41) is 0. The van der Waals surface area contributed by atoms with Crippen LogP contribution in [0.4, 0.5) is 0 Å². The Balaban J connectivity index is 0.000000251. The molecule has 43 heavy (non-hydrogen) atoms. The lowest BCUT2D eigenvalue weighted by Crippen LogP contribution is -2.35. The van der Waals surface area contributed by atoms with Gasteiger partial charge >= 0.3 is 0 Å². The third-order valence-electron chi connectivity index (χ3n) is 9.34. The van der Waals surface area contributed by atoms with Crippen molar-refractivity contribution in [2.24, 2.45) is 11.5 Å². The van der Waals surface area contributed by atoms with Crippen LogP contribution < -0.4 is 11.5 Å². The molecule has 0 heterocycles. The van der Waals surface area contributed by atoms with E-state index < -0.39 is 0 Å². The van der Waals surface area contributed by atoms with Gasteiger partial charge in [0.25, 0.3) is 0 Å². The lowest BCUT2D eigenvalue weighted by Gasteiger charge is -2.27. The van der Waals surface area contributed by atoms with Crippen molar-refractivity contribution in [3.63, 3.8) is 0 Å². The monoisotopic (exact) mass is 576 g/mol. The maximum absolute atomic E-state index is 6.26. The highest BCUT2D eigenvalue weighted by molar-refractivity contribution is 5.78. The zero-order valence-electron chi connectivity index (χ0n) is 27.1. The van der Waals surface area contributed by atoms with Crippen molar-refractivity contribution in [3.05, 3.63) is 118 Å². The number of allylic oxidation sites excluding steroid dienone is 1. The summed E-state index contributed by atoms with van der Waals surface area (Å²) in [7, 11) is 0. The fourth-order valence-corrected chi connectivity index (χ4v) is 6.68. The zero-order chi connectivity index (χ0) is 30.3. The summed E-state index contributed by atoms with van der Waals surface area (Å²) < 4.78 is 0. The summed E-state index contributed by atoms with van der Waals surface area (Å²) in [6.45, 7) is 4.61. The smallest absolute Gasteiger partial charge is 0.0634 e. The summed E-state index contributed by atoms with van der Waals surface area (Å²) in [5.74, 6) is 0. The largest absolute Gasteiger partial charge is 0.399 e. The molecule has 1 unspecified atom stereocenters. The zero-order valence-corrected chi connectivity index (χ0v) is 27.1. The first kappa shape index (κ1) is 32.8. The average molecular weight is 577 g/mol. The van der Waals surface area contributed by atoms with Crippen LogP contribution in [0.5, 0.6) is 0 Å². The standard InChI is InChI=1S/C29H42.C12H14N2/c1-3-5-7-9-11-13-17-24-21-22-28-27-20-16-15-18-25(27)23-29(28)26(24)19-14-12-10-8-6-4-2;13-11-6-8-12(14,9-7-11)10-4-2-1-3-5-10/h15-16,18,20-22H,3-14,17,19,23H2,1-2H3;1-8H,9,13-14H2. The summed E-state index contributed by atoms with van der Waals surface area (Å²) in [6, 6.07) is 24.0. The molecule has 2 aliphatic carbocycles. The minimum Gasteiger partial charge on any atom is -0.399 e. The molecule has 0 spiro atoms. The maximum atomic E-state index is 6.26. The number of nitrogens with two attached hydrogens (primary N) is 2.